The first-order chi connectivity index (χ1) is 6.00. The molecule has 0 saturated carbocycles. The van der Waals surface area contributed by atoms with Crippen LogP contribution in [0, 0.1) is 0 Å². The number of rotatable bonds is 2. The fourth-order valence-electron chi connectivity index (χ4n) is 0.682. The monoisotopic (exact) mass is 191 g/mol. The molecule has 0 fully saturated rings. The molecule has 6 heteroatoms. The summed E-state index contributed by atoms with van der Waals surface area (Å²) < 4.78 is 36.1. The number of nitrogens with zero attached hydrogens (tertiary/aromatic N) is 2. The van der Waals surface area contributed by atoms with Crippen molar-refractivity contribution >= 4 is 5.82 Å². The Morgan fingerprint density at radius 2 is 2.15 bits per heavy atom. The molecule has 1 rings (SSSR count). The van der Waals surface area contributed by atoms with Gasteiger partial charge in [0.15, 0.2) is 0 Å². The Hall–Kier alpha value is -1.33. The first kappa shape index (κ1) is 9.76. The molecule has 1 unspecified atom stereocenters. The summed E-state index contributed by atoms with van der Waals surface area (Å²) in [6.45, 7) is 1.02. The van der Waals surface area contributed by atoms with E-state index in [1.54, 1.807) is 0 Å². The largest absolute Gasteiger partial charge is 0.408 e. The van der Waals surface area contributed by atoms with Gasteiger partial charge in [-0.2, -0.15) is 18.3 Å². The van der Waals surface area contributed by atoms with Crippen LogP contribution in [0.5, 0.6) is 0 Å². The Bertz CT molecular complexity index is 259. The molecule has 0 bridgehead atoms. The Kier molecular flexibility index (Phi) is 2.69. The van der Waals surface area contributed by atoms with E-state index in [1.165, 1.54) is 18.3 Å². The van der Waals surface area contributed by atoms with Crippen molar-refractivity contribution in [3.8, 4) is 0 Å². The molecule has 0 aromatic carbocycles. The summed E-state index contributed by atoms with van der Waals surface area (Å²) in [5.74, 6) is 0.118. The Labute approximate surface area is 73.0 Å². The number of halogens is 3. The maximum atomic E-state index is 12.0. The van der Waals surface area contributed by atoms with Crippen molar-refractivity contribution in [2.24, 2.45) is 0 Å². The van der Waals surface area contributed by atoms with Gasteiger partial charge in [-0.05, 0) is 19.1 Å². The first-order valence-electron chi connectivity index (χ1n) is 3.61. The number of nitrogens with one attached hydrogen (secondary N) is 1. The van der Waals surface area contributed by atoms with E-state index in [0.29, 0.717) is 0 Å². The lowest BCUT2D eigenvalue weighted by Gasteiger charge is -2.16. The number of hydrogen-bond donors (Lipinski definition) is 1. The van der Waals surface area contributed by atoms with E-state index in [4.69, 9.17) is 0 Å². The summed E-state index contributed by atoms with van der Waals surface area (Å²) in [5.41, 5.74) is 0. The smallest absolute Gasteiger partial charge is 0.357 e. The first-order valence-corrected chi connectivity index (χ1v) is 3.61. The summed E-state index contributed by atoms with van der Waals surface area (Å²) in [7, 11) is 0. The zero-order chi connectivity index (χ0) is 9.90. The lowest BCUT2D eigenvalue weighted by atomic mass is 10.3. The third-order valence-corrected chi connectivity index (χ3v) is 1.43. The third-order valence-electron chi connectivity index (χ3n) is 1.43. The Morgan fingerprint density at radius 3 is 2.62 bits per heavy atom. The SMILES string of the molecule is CC(Nc1cccnn1)C(F)(F)F. The highest BCUT2D eigenvalue weighted by Crippen LogP contribution is 2.21. The van der Waals surface area contributed by atoms with Crippen LogP contribution in [0.3, 0.4) is 0 Å². The second-order valence-corrected chi connectivity index (χ2v) is 2.52. The van der Waals surface area contributed by atoms with Crippen LogP contribution >= 0.6 is 0 Å². The molecule has 1 aromatic heterocycles. The molecule has 0 spiro atoms. The zero-order valence-corrected chi connectivity index (χ0v) is 6.84. The fourth-order valence-corrected chi connectivity index (χ4v) is 0.682. The predicted octanol–water partition coefficient (Wildman–Crippen LogP) is 1.84. The van der Waals surface area contributed by atoms with Gasteiger partial charge < -0.3 is 5.32 Å². The normalized spacial score (nSPS) is 13.8. The average Bonchev–Trinajstić information content (AvgIpc) is 2.04. The molecular formula is C7H8F3N3. The molecule has 1 aromatic rings. The van der Waals surface area contributed by atoms with Crippen molar-refractivity contribution in [3.05, 3.63) is 18.3 Å². The Morgan fingerprint density at radius 1 is 1.46 bits per heavy atom. The summed E-state index contributed by atoms with van der Waals surface area (Å²) >= 11 is 0. The molecule has 0 aliphatic heterocycles. The number of anilines is 1. The van der Waals surface area contributed by atoms with Gasteiger partial charge in [0, 0.05) is 6.20 Å². The lowest BCUT2D eigenvalue weighted by molar-refractivity contribution is -0.138. The molecule has 0 saturated heterocycles. The van der Waals surface area contributed by atoms with Crippen LogP contribution in [-0.2, 0) is 0 Å². The third kappa shape index (κ3) is 2.89. The van der Waals surface area contributed by atoms with Crippen LogP contribution < -0.4 is 5.32 Å². The highest BCUT2D eigenvalue weighted by molar-refractivity contribution is 5.33. The van der Waals surface area contributed by atoms with Crippen molar-refractivity contribution in [1.29, 1.82) is 0 Å². The van der Waals surface area contributed by atoms with Crippen molar-refractivity contribution in [2.75, 3.05) is 5.32 Å². The van der Waals surface area contributed by atoms with Gasteiger partial charge in [0.1, 0.15) is 11.9 Å². The molecular weight excluding hydrogens is 183 g/mol. The average molecular weight is 191 g/mol. The number of hydrogen-bond acceptors (Lipinski definition) is 3. The van der Waals surface area contributed by atoms with E-state index >= 15 is 0 Å². The van der Waals surface area contributed by atoms with Gasteiger partial charge in [0.2, 0.25) is 0 Å². The molecule has 0 aliphatic carbocycles. The van der Waals surface area contributed by atoms with Crippen LogP contribution in [0.15, 0.2) is 18.3 Å². The van der Waals surface area contributed by atoms with Gasteiger partial charge in [-0.15, -0.1) is 5.10 Å². The molecule has 0 radical (unpaired) electrons. The van der Waals surface area contributed by atoms with E-state index in [-0.39, 0.29) is 5.82 Å². The van der Waals surface area contributed by atoms with Gasteiger partial charge in [0.25, 0.3) is 0 Å². The van der Waals surface area contributed by atoms with Gasteiger partial charge in [-0.3, -0.25) is 0 Å². The quantitative estimate of drug-likeness (QED) is 0.775. The van der Waals surface area contributed by atoms with E-state index in [1.807, 2.05) is 0 Å². The zero-order valence-electron chi connectivity index (χ0n) is 6.84. The lowest BCUT2D eigenvalue weighted by Crippen LogP contribution is -2.33. The molecule has 3 nitrogen and oxygen atoms in total. The van der Waals surface area contributed by atoms with E-state index in [0.717, 1.165) is 6.92 Å². The highest BCUT2D eigenvalue weighted by Gasteiger charge is 2.36. The minimum Gasteiger partial charge on any atom is -0.357 e. The van der Waals surface area contributed by atoms with Crippen LogP contribution in [0.1, 0.15) is 6.92 Å². The molecule has 1 heterocycles. The topological polar surface area (TPSA) is 37.8 Å². The summed E-state index contributed by atoms with van der Waals surface area (Å²) in [4.78, 5) is 0. The van der Waals surface area contributed by atoms with Gasteiger partial charge in [0.05, 0.1) is 0 Å². The fraction of sp³-hybridized carbons (Fsp3) is 0.429. The highest BCUT2D eigenvalue weighted by atomic mass is 19.4. The van der Waals surface area contributed by atoms with E-state index < -0.39 is 12.2 Å². The second kappa shape index (κ2) is 3.59. The van der Waals surface area contributed by atoms with Crippen molar-refractivity contribution in [3.63, 3.8) is 0 Å². The van der Waals surface area contributed by atoms with Crippen LogP contribution in [-0.4, -0.2) is 22.4 Å². The van der Waals surface area contributed by atoms with E-state index in [9.17, 15) is 13.2 Å². The summed E-state index contributed by atoms with van der Waals surface area (Å²) in [6.07, 6.45) is -2.87. The van der Waals surface area contributed by atoms with Crippen LogP contribution in [0.25, 0.3) is 0 Å². The maximum Gasteiger partial charge on any atom is 0.408 e. The summed E-state index contributed by atoms with van der Waals surface area (Å²) in [5, 5.41) is 9.09. The number of aromatic nitrogens is 2. The van der Waals surface area contributed by atoms with Crippen LogP contribution in [0.4, 0.5) is 19.0 Å². The van der Waals surface area contributed by atoms with Gasteiger partial charge in [-0.1, -0.05) is 0 Å². The standard InChI is InChI=1S/C7H8F3N3/c1-5(7(8,9)10)12-6-3-2-4-11-13-6/h2-5H,1H3,(H,12,13). The predicted molar refractivity (Wildman–Crippen MR) is 41.2 cm³/mol. The maximum absolute atomic E-state index is 12.0. The Balaban J connectivity index is 2.61. The molecule has 13 heavy (non-hydrogen) atoms. The minimum atomic E-state index is -4.27. The molecule has 1 N–H and O–H groups in total. The summed E-state index contributed by atoms with van der Waals surface area (Å²) in [6, 6.07) is 1.32. The second-order valence-electron chi connectivity index (χ2n) is 2.52. The molecule has 0 amide bonds. The van der Waals surface area contributed by atoms with Crippen molar-refractivity contribution in [1.82, 2.24) is 10.2 Å². The van der Waals surface area contributed by atoms with Crippen LogP contribution in [0.2, 0.25) is 0 Å². The number of alkyl halides is 3. The van der Waals surface area contributed by atoms with Crippen molar-refractivity contribution in [2.45, 2.75) is 19.1 Å². The molecule has 1 atom stereocenters. The molecule has 72 valence electrons. The van der Waals surface area contributed by atoms with Gasteiger partial charge >= 0.3 is 6.18 Å². The molecule has 0 aliphatic rings. The minimum absolute atomic E-state index is 0.118. The van der Waals surface area contributed by atoms with Crippen molar-refractivity contribution < 1.29 is 13.2 Å². The van der Waals surface area contributed by atoms with E-state index in [2.05, 4.69) is 15.5 Å². The van der Waals surface area contributed by atoms with Gasteiger partial charge in [-0.25, -0.2) is 0 Å².